The predicted octanol–water partition coefficient (Wildman–Crippen LogP) is 2.57. The lowest BCUT2D eigenvalue weighted by Crippen LogP contribution is -2.62. The molecule has 1 aliphatic rings. The van der Waals surface area contributed by atoms with Crippen LogP contribution in [0.1, 0.15) is 27.7 Å². The largest absolute Gasteiger partial charge is 0.444 e. The number of hydrogen-bond acceptors (Lipinski definition) is 3. The number of carbonyl (C=O) groups excluding carboxylic acids is 1. The molecule has 18 heavy (non-hydrogen) atoms. The normalized spacial score (nSPS) is 24.7. The molecule has 0 aromatic heterocycles. The molecule has 0 aromatic carbocycles. The minimum absolute atomic E-state index is 0.131. The summed E-state index contributed by atoms with van der Waals surface area (Å²) in [5.74, 6) is 0. The van der Waals surface area contributed by atoms with E-state index in [1.807, 2.05) is 0 Å². The molecule has 0 unspecified atom stereocenters. The Balaban J connectivity index is 2.37. The lowest BCUT2D eigenvalue weighted by atomic mass is 10.0. The Morgan fingerprint density at radius 2 is 1.89 bits per heavy atom. The lowest BCUT2D eigenvalue weighted by Gasteiger charge is -2.45. The summed E-state index contributed by atoms with van der Waals surface area (Å²) in [7, 11) is 0. The molecule has 4 nitrogen and oxygen atoms in total. The van der Waals surface area contributed by atoms with Crippen LogP contribution in [0.15, 0.2) is 0 Å². The number of likely N-dealkylation sites (tertiary alicyclic amines) is 1. The first kappa shape index (κ1) is 15.1. The average molecular weight is 269 g/mol. The minimum Gasteiger partial charge on any atom is -0.444 e. The smallest absolute Gasteiger partial charge is 0.411 e. The van der Waals surface area contributed by atoms with Gasteiger partial charge in [0.15, 0.2) is 0 Å². The van der Waals surface area contributed by atoms with Gasteiger partial charge in [-0.1, -0.05) is 0 Å². The maximum atomic E-state index is 12.0. The van der Waals surface area contributed by atoms with Gasteiger partial charge in [-0.25, -0.2) is 4.79 Å². The van der Waals surface area contributed by atoms with Gasteiger partial charge in [-0.2, -0.15) is 13.2 Å². The van der Waals surface area contributed by atoms with Crippen molar-refractivity contribution in [2.45, 2.75) is 51.6 Å². The van der Waals surface area contributed by atoms with Gasteiger partial charge in [-0.05, 0) is 27.7 Å². The Bertz CT molecular complexity index is 312. The summed E-state index contributed by atoms with van der Waals surface area (Å²) in [6, 6.07) is -0.401. The van der Waals surface area contributed by atoms with Crippen LogP contribution in [0, 0.1) is 0 Å². The molecule has 0 bridgehead atoms. The molecule has 0 aromatic rings. The number of alkyl halides is 3. The fraction of sp³-hybridized carbons (Fsp3) is 0.909. The molecule has 0 N–H and O–H groups in total. The zero-order chi connectivity index (χ0) is 14.1. The summed E-state index contributed by atoms with van der Waals surface area (Å²) >= 11 is 0. The van der Waals surface area contributed by atoms with Crippen molar-refractivity contribution < 1.29 is 27.4 Å². The first-order chi connectivity index (χ1) is 7.99. The maximum Gasteiger partial charge on any atom is 0.411 e. The van der Waals surface area contributed by atoms with Crippen molar-refractivity contribution in [2.24, 2.45) is 0 Å². The summed E-state index contributed by atoms with van der Waals surface area (Å²) in [4.78, 5) is 13.0. The van der Waals surface area contributed by atoms with Crippen LogP contribution in [0.25, 0.3) is 0 Å². The zero-order valence-corrected chi connectivity index (χ0v) is 10.9. The Morgan fingerprint density at radius 1 is 1.33 bits per heavy atom. The van der Waals surface area contributed by atoms with Gasteiger partial charge < -0.3 is 14.4 Å². The number of nitrogens with zero attached hydrogens (tertiary/aromatic N) is 1. The SMILES string of the molecule is C[C@H]1[C@H](OCC(F)(F)F)CN1C(=O)OC(C)(C)C. The molecule has 1 amide bonds. The Labute approximate surface area is 104 Å². The van der Waals surface area contributed by atoms with E-state index < -0.39 is 36.6 Å². The van der Waals surface area contributed by atoms with Gasteiger partial charge in [0.1, 0.15) is 12.2 Å². The second-order valence-corrected chi connectivity index (χ2v) is 5.34. The molecule has 1 aliphatic heterocycles. The Kier molecular flexibility index (Phi) is 4.15. The van der Waals surface area contributed by atoms with E-state index in [1.165, 1.54) is 4.90 Å². The quantitative estimate of drug-likeness (QED) is 0.773. The van der Waals surface area contributed by atoms with Gasteiger partial charge in [0.25, 0.3) is 0 Å². The van der Waals surface area contributed by atoms with Crippen LogP contribution in [-0.2, 0) is 9.47 Å². The molecule has 1 heterocycles. The van der Waals surface area contributed by atoms with E-state index in [0.29, 0.717) is 0 Å². The molecule has 106 valence electrons. The topological polar surface area (TPSA) is 38.8 Å². The van der Waals surface area contributed by atoms with E-state index >= 15 is 0 Å². The number of carbonyl (C=O) groups is 1. The molecular formula is C11H18F3NO3. The van der Waals surface area contributed by atoms with Crippen LogP contribution in [0.4, 0.5) is 18.0 Å². The molecule has 0 radical (unpaired) electrons. The monoisotopic (exact) mass is 269 g/mol. The third-order valence-corrected chi connectivity index (χ3v) is 2.50. The van der Waals surface area contributed by atoms with Gasteiger partial charge in [0.05, 0.1) is 18.7 Å². The van der Waals surface area contributed by atoms with E-state index in [1.54, 1.807) is 27.7 Å². The fourth-order valence-corrected chi connectivity index (χ4v) is 1.53. The lowest BCUT2D eigenvalue weighted by molar-refractivity contribution is -0.206. The molecule has 1 fully saturated rings. The summed E-state index contributed by atoms with van der Waals surface area (Å²) in [5.41, 5.74) is -0.616. The first-order valence-corrected chi connectivity index (χ1v) is 5.67. The van der Waals surface area contributed by atoms with Gasteiger partial charge in [0, 0.05) is 0 Å². The second kappa shape index (κ2) is 4.95. The van der Waals surface area contributed by atoms with Crippen LogP contribution >= 0.6 is 0 Å². The average Bonchev–Trinajstić information content (AvgIpc) is 2.10. The van der Waals surface area contributed by atoms with Crippen molar-refractivity contribution >= 4 is 6.09 Å². The number of hydrogen-bond donors (Lipinski definition) is 0. The maximum absolute atomic E-state index is 12.0. The summed E-state index contributed by atoms with van der Waals surface area (Å²) in [6.07, 6.45) is -5.45. The molecule has 0 saturated carbocycles. The summed E-state index contributed by atoms with van der Waals surface area (Å²) < 4.78 is 45.7. The van der Waals surface area contributed by atoms with E-state index in [2.05, 4.69) is 0 Å². The van der Waals surface area contributed by atoms with Crippen LogP contribution in [0.5, 0.6) is 0 Å². The van der Waals surface area contributed by atoms with Crippen molar-refractivity contribution in [3.8, 4) is 0 Å². The van der Waals surface area contributed by atoms with Crippen molar-refractivity contribution in [3.05, 3.63) is 0 Å². The van der Waals surface area contributed by atoms with E-state index in [-0.39, 0.29) is 6.54 Å². The molecule has 2 atom stereocenters. The zero-order valence-electron chi connectivity index (χ0n) is 10.9. The van der Waals surface area contributed by atoms with Gasteiger partial charge in [-0.3, -0.25) is 0 Å². The van der Waals surface area contributed by atoms with Crippen LogP contribution in [0.2, 0.25) is 0 Å². The molecule has 1 rings (SSSR count). The van der Waals surface area contributed by atoms with E-state index in [0.717, 1.165) is 0 Å². The highest BCUT2D eigenvalue weighted by atomic mass is 19.4. The Hall–Kier alpha value is -0.980. The summed E-state index contributed by atoms with van der Waals surface area (Å²) in [6.45, 7) is 5.66. The van der Waals surface area contributed by atoms with E-state index in [4.69, 9.17) is 9.47 Å². The van der Waals surface area contributed by atoms with E-state index in [9.17, 15) is 18.0 Å². The fourth-order valence-electron chi connectivity index (χ4n) is 1.53. The van der Waals surface area contributed by atoms with Crippen molar-refractivity contribution in [1.29, 1.82) is 0 Å². The molecule has 1 saturated heterocycles. The standard InChI is InChI=1S/C11H18F3NO3/c1-7-8(17-6-11(12,13)14)5-15(7)9(16)18-10(2,3)4/h7-8H,5-6H2,1-4H3/t7-,8+/m0/s1. The van der Waals surface area contributed by atoms with Crippen molar-refractivity contribution in [1.82, 2.24) is 4.90 Å². The Morgan fingerprint density at radius 3 is 2.28 bits per heavy atom. The first-order valence-electron chi connectivity index (χ1n) is 5.67. The second-order valence-electron chi connectivity index (χ2n) is 5.34. The predicted molar refractivity (Wildman–Crippen MR) is 58.2 cm³/mol. The molecule has 0 spiro atoms. The van der Waals surface area contributed by atoms with Crippen LogP contribution in [0.3, 0.4) is 0 Å². The molecule has 7 heteroatoms. The van der Waals surface area contributed by atoms with Crippen molar-refractivity contribution in [3.63, 3.8) is 0 Å². The number of rotatable bonds is 2. The highest BCUT2D eigenvalue weighted by Crippen LogP contribution is 2.26. The molecular weight excluding hydrogens is 251 g/mol. The highest BCUT2D eigenvalue weighted by Gasteiger charge is 2.43. The number of halogens is 3. The van der Waals surface area contributed by atoms with Gasteiger partial charge in [-0.15, -0.1) is 0 Å². The molecule has 0 aliphatic carbocycles. The highest BCUT2D eigenvalue weighted by molar-refractivity contribution is 5.69. The van der Waals surface area contributed by atoms with Crippen molar-refractivity contribution in [2.75, 3.05) is 13.2 Å². The third-order valence-electron chi connectivity index (χ3n) is 2.50. The van der Waals surface area contributed by atoms with Crippen LogP contribution in [-0.4, -0.2) is 48.1 Å². The van der Waals surface area contributed by atoms with Crippen LogP contribution < -0.4 is 0 Å². The number of amides is 1. The van der Waals surface area contributed by atoms with Gasteiger partial charge in [0.2, 0.25) is 0 Å². The third kappa shape index (κ3) is 4.36. The summed E-state index contributed by atoms with van der Waals surface area (Å²) in [5, 5.41) is 0. The minimum atomic E-state index is -4.34. The van der Waals surface area contributed by atoms with Gasteiger partial charge >= 0.3 is 12.3 Å². The number of ether oxygens (including phenoxy) is 2.